The van der Waals surface area contributed by atoms with E-state index in [0.717, 1.165) is 22.9 Å². The number of benzene rings is 3. The molecule has 0 aliphatic rings. The van der Waals surface area contributed by atoms with Crippen LogP contribution in [0.1, 0.15) is 43.4 Å². The first kappa shape index (κ1) is 32.7. The SMILES string of the molecule is COc1cccc(N(CCCC(=O)N(Cc2cccc(C)c2)C(Cc2ccccc2)C(=O)NCC(C)C)S(C)(=O)=O)c1. The number of carbonyl (C=O) groups excluding carboxylic acids is 2. The Morgan fingerprint density at radius 2 is 1.62 bits per heavy atom. The van der Waals surface area contributed by atoms with E-state index in [-0.39, 0.29) is 43.7 Å². The Balaban J connectivity index is 1.88. The van der Waals surface area contributed by atoms with E-state index >= 15 is 0 Å². The molecule has 1 atom stereocenters. The summed E-state index contributed by atoms with van der Waals surface area (Å²) < 4.78 is 31.9. The van der Waals surface area contributed by atoms with Crippen molar-refractivity contribution < 1.29 is 22.7 Å². The summed E-state index contributed by atoms with van der Waals surface area (Å²) >= 11 is 0. The Bertz CT molecular complexity index is 1430. The first-order valence-electron chi connectivity index (χ1n) is 14.3. The lowest BCUT2D eigenvalue weighted by Crippen LogP contribution is -2.51. The second-order valence-electron chi connectivity index (χ2n) is 11.0. The van der Waals surface area contributed by atoms with E-state index in [0.29, 0.717) is 24.4 Å². The molecule has 226 valence electrons. The number of nitrogens with one attached hydrogen (secondary N) is 1. The van der Waals surface area contributed by atoms with Crippen LogP contribution < -0.4 is 14.4 Å². The summed E-state index contributed by atoms with van der Waals surface area (Å²) in [5.41, 5.74) is 3.40. The molecule has 0 heterocycles. The minimum Gasteiger partial charge on any atom is -0.497 e. The molecule has 9 heteroatoms. The third-order valence-corrected chi connectivity index (χ3v) is 8.08. The van der Waals surface area contributed by atoms with Gasteiger partial charge in [0.2, 0.25) is 21.8 Å². The van der Waals surface area contributed by atoms with Crippen LogP contribution >= 0.6 is 0 Å². The van der Waals surface area contributed by atoms with Gasteiger partial charge in [-0.05, 0) is 42.5 Å². The van der Waals surface area contributed by atoms with Gasteiger partial charge in [0.1, 0.15) is 11.8 Å². The first-order valence-corrected chi connectivity index (χ1v) is 16.1. The van der Waals surface area contributed by atoms with Crippen molar-refractivity contribution in [2.75, 3.05) is 30.8 Å². The van der Waals surface area contributed by atoms with Crippen LogP contribution in [-0.4, -0.2) is 57.6 Å². The van der Waals surface area contributed by atoms with Gasteiger partial charge in [0.05, 0.1) is 19.1 Å². The maximum atomic E-state index is 13.9. The van der Waals surface area contributed by atoms with Crippen LogP contribution in [0.4, 0.5) is 5.69 Å². The summed E-state index contributed by atoms with van der Waals surface area (Å²) in [4.78, 5) is 29.2. The number of methoxy groups -OCH3 is 1. The normalized spacial score (nSPS) is 12.0. The highest BCUT2D eigenvalue weighted by atomic mass is 32.2. The maximum absolute atomic E-state index is 13.9. The van der Waals surface area contributed by atoms with Gasteiger partial charge < -0.3 is 15.0 Å². The Labute approximate surface area is 250 Å². The van der Waals surface area contributed by atoms with Crippen LogP contribution in [-0.2, 0) is 32.6 Å². The van der Waals surface area contributed by atoms with Crippen molar-refractivity contribution in [3.63, 3.8) is 0 Å². The van der Waals surface area contributed by atoms with Gasteiger partial charge in [-0.1, -0.05) is 80.1 Å². The number of anilines is 1. The molecule has 0 saturated carbocycles. The monoisotopic (exact) mass is 593 g/mol. The molecule has 0 saturated heterocycles. The standard InChI is InChI=1S/C33H43N3O5S/c1-25(2)23-34-33(38)31(21-27-13-7-6-8-14-27)35(24-28-15-9-12-26(3)20-28)32(37)18-11-19-36(42(5,39)40)29-16-10-17-30(22-29)41-4/h6-10,12-17,20,22,25,31H,11,18-19,21,23-24H2,1-5H3,(H,34,38). The number of ether oxygens (including phenoxy) is 1. The summed E-state index contributed by atoms with van der Waals surface area (Å²) in [7, 11) is -2.09. The van der Waals surface area contributed by atoms with Crippen molar-refractivity contribution in [3.8, 4) is 5.75 Å². The number of nitrogens with zero attached hydrogens (tertiary/aromatic N) is 2. The predicted molar refractivity (Wildman–Crippen MR) is 168 cm³/mol. The van der Waals surface area contributed by atoms with Gasteiger partial charge in [0, 0.05) is 38.5 Å². The van der Waals surface area contributed by atoms with E-state index in [9.17, 15) is 18.0 Å². The van der Waals surface area contributed by atoms with Crippen molar-refractivity contribution in [3.05, 3.63) is 95.6 Å². The topological polar surface area (TPSA) is 96.0 Å². The number of aryl methyl sites for hydroxylation is 1. The fourth-order valence-corrected chi connectivity index (χ4v) is 5.71. The largest absolute Gasteiger partial charge is 0.497 e. The Hall–Kier alpha value is -3.85. The highest BCUT2D eigenvalue weighted by Crippen LogP contribution is 2.24. The van der Waals surface area contributed by atoms with Crippen molar-refractivity contribution >= 4 is 27.5 Å². The third kappa shape index (κ3) is 9.91. The number of rotatable bonds is 15. The smallest absolute Gasteiger partial charge is 0.243 e. The van der Waals surface area contributed by atoms with Crippen molar-refractivity contribution in [2.45, 2.75) is 52.6 Å². The van der Waals surface area contributed by atoms with Gasteiger partial charge in [-0.15, -0.1) is 0 Å². The molecule has 0 aliphatic heterocycles. The highest BCUT2D eigenvalue weighted by Gasteiger charge is 2.30. The average Bonchev–Trinajstić information content (AvgIpc) is 2.95. The molecule has 0 fully saturated rings. The molecule has 1 unspecified atom stereocenters. The van der Waals surface area contributed by atoms with Crippen LogP contribution in [0, 0.1) is 12.8 Å². The Kier molecular flexibility index (Phi) is 12.0. The number of hydrogen-bond acceptors (Lipinski definition) is 5. The van der Waals surface area contributed by atoms with Gasteiger partial charge in [-0.3, -0.25) is 13.9 Å². The van der Waals surface area contributed by atoms with Gasteiger partial charge in [0.25, 0.3) is 0 Å². The van der Waals surface area contributed by atoms with E-state index in [2.05, 4.69) is 5.32 Å². The highest BCUT2D eigenvalue weighted by molar-refractivity contribution is 7.92. The van der Waals surface area contributed by atoms with Gasteiger partial charge in [0.15, 0.2) is 0 Å². The summed E-state index contributed by atoms with van der Waals surface area (Å²) in [5.74, 6) is 0.377. The van der Waals surface area contributed by atoms with Crippen molar-refractivity contribution in [2.24, 2.45) is 5.92 Å². The zero-order chi connectivity index (χ0) is 30.7. The molecule has 0 radical (unpaired) electrons. The molecule has 0 aliphatic carbocycles. The molecule has 3 aromatic carbocycles. The molecular weight excluding hydrogens is 550 g/mol. The number of hydrogen-bond donors (Lipinski definition) is 1. The van der Waals surface area contributed by atoms with Crippen LogP contribution in [0.3, 0.4) is 0 Å². The second kappa shape index (κ2) is 15.4. The molecule has 8 nitrogen and oxygen atoms in total. The van der Waals surface area contributed by atoms with Crippen molar-refractivity contribution in [1.82, 2.24) is 10.2 Å². The van der Waals surface area contributed by atoms with Crippen molar-refractivity contribution in [1.29, 1.82) is 0 Å². The zero-order valence-corrected chi connectivity index (χ0v) is 26.1. The van der Waals surface area contributed by atoms with Gasteiger partial charge >= 0.3 is 0 Å². The van der Waals surface area contributed by atoms with E-state index in [1.54, 1.807) is 29.2 Å². The van der Waals surface area contributed by atoms with E-state index in [1.165, 1.54) is 11.4 Å². The van der Waals surface area contributed by atoms with E-state index in [4.69, 9.17) is 4.74 Å². The molecule has 1 N–H and O–H groups in total. The van der Waals surface area contributed by atoms with Gasteiger partial charge in [-0.2, -0.15) is 0 Å². The minimum absolute atomic E-state index is 0.0740. The maximum Gasteiger partial charge on any atom is 0.243 e. The predicted octanol–water partition coefficient (Wildman–Crippen LogP) is 4.96. The molecular formula is C33H43N3O5S. The quantitative estimate of drug-likeness (QED) is 0.269. The first-order chi connectivity index (χ1) is 20.0. The molecule has 0 bridgehead atoms. The van der Waals surface area contributed by atoms with Crippen LogP contribution in [0.2, 0.25) is 0 Å². The summed E-state index contributed by atoms with van der Waals surface area (Å²) in [6.45, 7) is 6.92. The van der Waals surface area contributed by atoms with Gasteiger partial charge in [-0.25, -0.2) is 8.42 Å². The molecule has 3 aromatic rings. The minimum atomic E-state index is -3.61. The summed E-state index contributed by atoms with van der Waals surface area (Å²) in [6, 6.07) is 23.7. The lowest BCUT2D eigenvalue weighted by atomic mass is 10.0. The molecule has 0 aromatic heterocycles. The lowest BCUT2D eigenvalue weighted by Gasteiger charge is -2.32. The molecule has 0 spiro atoms. The Morgan fingerprint density at radius 3 is 2.26 bits per heavy atom. The number of amides is 2. The zero-order valence-electron chi connectivity index (χ0n) is 25.2. The number of carbonyl (C=O) groups is 2. The second-order valence-corrected chi connectivity index (χ2v) is 12.9. The van der Waals surface area contributed by atoms with Crippen LogP contribution in [0.15, 0.2) is 78.9 Å². The lowest BCUT2D eigenvalue weighted by molar-refractivity contribution is -0.141. The fourth-order valence-electron chi connectivity index (χ4n) is 4.75. The molecule has 3 rings (SSSR count). The Morgan fingerprint density at radius 1 is 0.929 bits per heavy atom. The summed E-state index contributed by atoms with van der Waals surface area (Å²) in [6.07, 6.45) is 1.86. The average molecular weight is 594 g/mol. The molecule has 2 amide bonds. The van der Waals surface area contributed by atoms with Crippen LogP contribution in [0.5, 0.6) is 5.75 Å². The number of sulfonamides is 1. The molecule has 42 heavy (non-hydrogen) atoms. The van der Waals surface area contributed by atoms with E-state index in [1.807, 2.05) is 75.4 Å². The van der Waals surface area contributed by atoms with Crippen LogP contribution in [0.25, 0.3) is 0 Å². The summed E-state index contributed by atoms with van der Waals surface area (Å²) in [5, 5.41) is 3.03. The van der Waals surface area contributed by atoms with E-state index < -0.39 is 16.1 Å². The third-order valence-electron chi connectivity index (χ3n) is 6.88. The fraction of sp³-hybridized carbons (Fsp3) is 0.394.